The van der Waals surface area contributed by atoms with Gasteiger partial charge < -0.3 is 10.7 Å². The fourth-order valence-corrected chi connectivity index (χ4v) is 2.10. The van der Waals surface area contributed by atoms with Gasteiger partial charge in [0.1, 0.15) is 11.5 Å². The van der Waals surface area contributed by atoms with Gasteiger partial charge >= 0.3 is 0 Å². The van der Waals surface area contributed by atoms with E-state index >= 15 is 0 Å². The van der Waals surface area contributed by atoms with Crippen molar-refractivity contribution >= 4 is 40.6 Å². The van der Waals surface area contributed by atoms with Crippen molar-refractivity contribution in [1.29, 1.82) is 0 Å². The van der Waals surface area contributed by atoms with Gasteiger partial charge in [-0.2, -0.15) is 0 Å². The van der Waals surface area contributed by atoms with Gasteiger partial charge in [0.25, 0.3) is 5.91 Å². The van der Waals surface area contributed by atoms with Crippen LogP contribution in [0.3, 0.4) is 0 Å². The maximum Gasteiger partial charge on any atom is 0.275 e. The molecule has 0 aliphatic heterocycles. The Bertz CT molecular complexity index is 641. The van der Waals surface area contributed by atoms with Gasteiger partial charge in [0.2, 0.25) is 0 Å². The molecule has 0 saturated heterocycles. The number of anilines is 2. The minimum absolute atomic E-state index is 0.0708. The zero-order valence-electron chi connectivity index (χ0n) is 10.6. The van der Waals surface area contributed by atoms with Gasteiger partial charge in [0.05, 0.1) is 15.7 Å². The number of rotatable bonds is 3. The van der Waals surface area contributed by atoms with Gasteiger partial charge in [0, 0.05) is 0 Å². The quantitative estimate of drug-likeness (QED) is 0.600. The molecule has 1 aromatic heterocycles. The molecule has 0 bridgehead atoms. The molecule has 0 saturated carbocycles. The number of carbonyl (C=O) groups is 1. The van der Waals surface area contributed by atoms with E-state index in [4.69, 9.17) is 29.0 Å². The Morgan fingerprint density at radius 1 is 1.20 bits per heavy atom. The second kappa shape index (κ2) is 6.09. The molecule has 0 spiro atoms. The van der Waals surface area contributed by atoms with E-state index in [1.807, 2.05) is 13.0 Å². The van der Waals surface area contributed by atoms with Crippen LogP contribution in [0, 0.1) is 6.92 Å². The van der Waals surface area contributed by atoms with Crippen LogP contribution in [0.4, 0.5) is 11.5 Å². The van der Waals surface area contributed by atoms with E-state index in [1.54, 1.807) is 18.2 Å². The van der Waals surface area contributed by atoms with E-state index in [-0.39, 0.29) is 10.7 Å². The minimum Gasteiger partial charge on any atom is -0.319 e. The molecule has 4 N–H and O–H groups in total. The topological polar surface area (TPSA) is 80.0 Å². The van der Waals surface area contributed by atoms with E-state index < -0.39 is 5.91 Å². The number of pyridine rings is 1. The molecule has 0 aliphatic rings. The maximum atomic E-state index is 12.2. The Balaban J connectivity index is 2.33. The van der Waals surface area contributed by atoms with Crippen LogP contribution >= 0.6 is 23.2 Å². The second-order valence-electron chi connectivity index (χ2n) is 4.06. The number of para-hydroxylation sites is 1. The van der Waals surface area contributed by atoms with Crippen LogP contribution in [0.2, 0.25) is 10.0 Å². The largest absolute Gasteiger partial charge is 0.319 e. The summed E-state index contributed by atoms with van der Waals surface area (Å²) in [5, 5.41) is 3.38. The lowest BCUT2D eigenvalue weighted by Gasteiger charge is -2.11. The molecular formula is C13H12Cl2N4O. The zero-order chi connectivity index (χ0) is 14.7. The monoisotopic (exact) mass is 310 g/mol. The molecule has 0 fully saturated rings. The maximum absolute atomic E-state index is 12.2. The highest BCUT2D eigenvalue weighted by Gasteiger charge is 2.15. The Labute approximate surface area is 126 Å². The number of aryl methyl sites for hydroxylation is 1. The highest BCUT2D eigenvalue weighted by Crippen LogP contribution is 2.26. The molecule has 2 rings (SSSR count). The Morgan fingerprint density at radius 3 is 2.60 bits per heavy atom. The van der Waals surface area contributed by atoms with Crippen molar-refractivity contribution in [3.63, 3.8) is 0 Å². The number of hydrogen-bond donors (Lipinski definition) is 3. The number of nitrogens with two attached hydrogens (primary N) is 1. The number of nitrogens with one attached hydrogen (secondary N) is 2. The molecule has 5 nitrogen and oxygen atoms in total. The number of amides is 1. The van der Waals surface area contributed by atoms with E-state index in [0.717, 1.165) is 5.56 Å². The van der Waals surface area contributed by atoms with E-state index in [1.165, 1.54) is 6.07 Å². The van der Waals surface area contributed by atoms with E-state index in [9.17, 15) is 4.79 Å². The van der Waals surface area contributed by atoms with Crippen molar-refractivity contribution in [2.24, 2.45) is 5.84 Å². The van der Waals surface area contributed by atoms with Crippen molar-refractivity contribution in [2.75, 3.05) is 10.7 Å². The number of nitrogens with zero attached hydrogens (tertiary/aromatic N) is 1. The fraction of sp³-hybridized carbons (Fsp3) is 0.0769. The van der Waals surface area contributed by atoms with Crippen molar-refractivity contribution in [3.05, 3.63) is 51.6 Å². The molecule has 0 unspecified atom stereocenters. The van der Waals surface area contributed by atoms with Gasteiger partial charge in [-0.05, 0) is 30.7 Å². The smallest absolute Gasteiger partial charge is 0.275 e. The zero-order valence-corrected chi connectivity index (χ0v) is 12.1. The number of hydrazine groups is 1. The molecule has 1 heterocycles. The van der Waals surface area contributed by atoms with Crippen molar-refractivity contribution in [2.45, 2.75) is 6.92 Å². The Hall–Kier alpha value is -1.82. The van der Waals surface area contributed by atoms with Crippen LogP contribution < -0.4 is 16.6 Å². The predicted molar refractivity (Wildman–Crippen MR) is 81.2 cm³/mol. The molecule has 2 aromatic rings. The molecule has 7 heteroatoms. The van der Waals surface area contributed by atoms with Gasteiger partial charge in [0.15, 0.2) is 0 Å². The number of carbonyl (C=O) groups excluding carboxylic acids is 1. The van der Waals surface area contributed by atoms with Gasteiger partial charge in [-0.3, -0.25) is 4.79 Å². The third kappa shape index (κ3) is 3.01. The summed E-state index contributed by atoms with van der Waals surface area (Å²) in [5.41, 5.74) is 3.80. The summed E-state index contributed by atoms with van der Waals surface area (Å²) in [6, 6.07) is 8.45. The summed E-state index contributed by atoms with van der Waals surface area (Å²) < 4.78 is 0. The van der Waals surface area contributed by atoms with Crippen molar-refractivity contribution in [1.82, 2.24) is 4.98 Å². The van der Waals surface area contributed by atoms with Crippen LogP contribution in [0.1, 0.15) is 16.1 Å². The van der Waals surface area contributed by atoms with Crippen LogP contribution in [-0.2, 0) is 0 Å². The molecule has 0 atom stereocenters. The molecule has 0 radical (unpaired) electrons. The summed E-state index contributed by atoms with van der Waals surface area (Å²) in [6.07, 6.45) is 0. The van der Waals surface area contributed by atoms with Crippen molar-refractivity contribution < 1.29 is 4.79 Å². The minimum atomic E-state index is -0.455. The average Bonchev–Trinajstić information content (AvgIpc) is 2.43. The van der Waals surface area contributed by atoms with Gasteiger partial charge in [-0.1, -0.05) is 35.3 Å². The van der Waals surface area contributed by atoms with Crippen LogP contribution in [0.25, 0.3) is 0 Å². The average molecular weight is 311 g/mol. The lowest BCUT2D eigenvalue weighted by atomic mass is 10.2. The number of benzene rings is 1. The van der Waals surface area contributed by atoms with E-state index in [0.29, 0.717) is 16.5 Å². The molecule has 20 heavy (non-hydrogen) atoms. The number of halogens is 2. The summed E-state index contributed by atoms with van der Waals surface area (Å²) in [6.45, 7) is 1.84. The summed E-state index contributed by atoms with van der Waals surface area (Å²) in [7, 11) is 0. The fourth-order valence-electron chi connectivity index (χ4n) is 1.64. The lowest BCUT2D eigenvalue weighted by molar-refractivity contribution is 0.102. The van der Waals surface area contributed by atoms with Crippen LogP contribution in [0.5, 0.6) is 0 Å². The van der Waals surface area contributed by atoms with Crippen LogP contribution in [0.15, 0.2) is 30.3 Å². The molecular weight excluding hydrogens is 299 g/mol. The first-order chi connectivity index (χ1) is 9.52. The van der Waals surface area contributed by atoms with Crippen LogP contribution in [-0.4, -0.2) is 10.9 Å². The highest BCUT2D eigenvalue weighted by molar-refractivity contribution is 6.35. The normalized spacial score (nSPS) is 10.2. The summed E-state index contributed by atoms with van der Waals surface area (Å²) in [4.78, 5) is 16.2. The lowest BCUT2D eigenvalue weighted by Crippen LogP contribution is -2.17. The van der Waals surface area contributed by atoms with E-state index in [2.05, 4.69) is 15.7 Å². The first kappa shape index (κ1) is 14.6. The number of aromatic nitrogens is 1. The SMILES string of the molecule is Cc1cccc(Cl)c1NC(=O)c1nc(NN)ccc1Cl. The summed E-state index contributed by atoms with van der Waals surface area (Å²) >= 11 is 12.0. The molecule has 1 amide bonds. The third-order valence-electron chi connectivity index (χ3n) is 2.67. The standard InChI is InChI=1S/C13H12Cl2N4O/c1-7-3-2-4-8(14)11(7)18-13(20)12-9(15)5-6-10(17-12)19-16/h2-6H,16H2,1H3,(H,17,19)(H,18,20). The Kier molecular flexibility index (Phi) is 4.44. The van der Waals surface area contributed by atoms with Gasteiger partial charge in [-0.25, -0.2) is 10.8 Å². The summed E-state index contributed by atoms with van der Waals surface area (Å²) in [5.74, 6) is 5.15. The highest BCUT2D eigenvalue weighted by atomic mass is 35.5. The number of hydrogen-bond acceptors (Lipinski definition) is 4. The molecule has 104 valence electrons. The molecule has 1 aromatic carbocycles. The number of nitrogen functional groups attached to an aromatic ring is 1. The second-order valence-corrected chi connectivity index (χ2v) is 4.87. The predicted octanol–water partition coefficient (Wildman–Crippen LogP) is 3.23. The first-order valence-electron chi connectivity index (χ1n) is 5.72. The first-order valence-corrected chi connectivity index (χ1v) is 6.48. The van der Waals surface area contributed by atoms with Crippen molar-refractivity contribution in [3.8, 4) is 0 Å². The molecule has 0 aliphatic carbocycles. The van der Waals surface area contributed by atoms with Gasteiger partial charge in [-0.15, -0.1) is 0 Å². The Morgan fingerprint density at radius 2 is 1.95 bits per heavy atom. The third-order valence-corrected chi connectivity index (χ3v) is 3.29.